The second kappa shape index (κ2) is 9.56. The fraction of sp³-hybridized carbons (Fsp3) is 0.400. The second-order valence-corrected chi connectivity index (χ2v) is 3.37. The number of aromatic carboxylic acids is 1. The van der Waals surface area contributed by atoms with Gasteiger partial charge >= 0.3 is 5.97 Å². The molecule has 2 aromatic heterocycles. The summed E-state index contributed by atoms with van der Waals surface area (Å²) in [4.78, 5) is 14.9. The lowest BCUT2D eigenvalue weighted by atomic mass is 10.2. The summed E-state index contributed by atoms with van der Waals surface area (Å²) in [5.41, 5.74) is 1.65. The third-order valence-electron chi connectivity index (χ3n) is 2.31. The highest BCUT2D eigenvalue weighted by molar-refractivity contribution is 5.86. The number of aromatic nitrogens is 2. The number of carboxylic acids is 1. The number of rotatable bonds is 3. The van der Waals surface area contributed by atoms with Gasteiger partial charge in [-0.15, -0.1) is 0 Å². The summed E-state index contributed by atoms with van der Waals surface area (Å²) < 4.78 is 1.52. The summed E-state index contributed by atoms with van der Waals surface area (Å²) >= 11 is 0. The number of fused-ring (bicyclic) bond motifs is 1. The fourth-order valence-corrected chi connectivity index (χ4v) is 1.53. The average molecular weight is 275 g/mol. The average Bonchev–Trinajstić information content (AvgIpc) is 2.92. The molecule has 108 valence electrons. The minimum absolute atomic E-state index is 0.133. The molecule has 0 saturated carbocycles. The lowest BCUT2D eigenvalue weighted by Crippen LogP contribution is -2.02. The Hall–Kier alpha value is -2.35. The van der Waals surface area contributed by atoms with E-state index in [9.17, 15) is 4.79 Å². The molecule has 0 unspecified atom stereocenters. The lowest BCUT2D eigenvalue weighted by Gasteiger charge is -2.00. The lowest BCUT2D eigenvalue weighted by molar-refractivity contribution is 0.0689. The van der Waals surface area contributed by atoms with Gasteiger partial charge in [-0.1, -0.05) is 33.8 Å². The molecule has 0 bridgehead atoms. The molecule has 0 saturated heterocycles. The predicted molar refractivity (Wildman–Crippen MR) is 78.8 cm³/mol. The summed E-state index contributed by atoms with van der Waals surface area (Å²) in [7, 11) is 0. The van der Waals surface area contributed by atoms with E-state index in [1.807, 2.05) is 33.8 Å². The number of hydrogen-bond acceptors (Lipinski definition) is 3. The molecule has 0 aliphatic heterocycles. The largest absolute Gasteiger partial charge is 0.477 e. The van der Waals surface area contributed by atoms with Gasteiger partial charge < -0.3 is 5.11 Å². The van der Waals surface area contributed by atoms with Crippen molar-refractivity contribution in [2.75, 3.05) is 0 Å². The number of hydrogen-bond donors (Lipinski definition) is 1. The number of carbonyl (C=O) groups is 1. The molecule has 0 atom stereocenters. The fourth-order valence-electron chi connectivity index (χ4n) is 1.53. The minimum atomic E-state index is -1.01. The standard InChI is InChI=1S/C11H9N3O2.2C2H6/c12-5-1-2-8-3-4-10-13-6-9(11(15)16)14(10)7-8;2*1-2/h3-4,6-7H,1-2H2,(H,15,16);2*1-2H3. The molecule has 5 heteroatoms. The Kier molecular flexibility index (Phi) is 8.44. The Morgan fingerprint density at radius 3 is 2.55 bits per heavy atom. The first-order valence-electron chi connectivity index (χ1n) is 6.78. The van der Waals surface area contributed by atoms with Crippen LogP contribution in [0.25, 0.3) is 5.65 Å². The summed E-state index contributed by atoms with van der Waals surface area (Å²) in [6.07, 6.45) is 4.07. The molecule has 0 aromatic carbocycles. The summed E-state index contributed by atoms with van der Waals surface area (Å²) in [5.74, 6) is -1.01. The first-order valence-corrected chi connectivity index (χ1v) is 6.78. The number of imidazole rings is 1. The highest BCUT2D eigenvalue weighted by Gasteiger charge is 2.10. The Balaban J connectivity index is 0.000000829. The van der Waals surface area contributed by atoms with Crippen LogP contribution < -0.4 is 0 Å². The minimum Gasteiger partial charge on any atom is -0.477 e. The SMILES string of the molecule is CC.CC.N#CCCc1ccc2ncc(C(=O)O)n2c1. The van der Waals surface area contributed by atoms with Gasteiger partial charge in [-0.3, -0.25) is 4.40 Å². The highest BCUT2D eigenvalue weighted by atomic mass is 16.4. The molecule has 2 aromatic rings. The van der Waals surface area contributed by atoms with Crippen LogP contribution >= 0.6 is 0 Å². The molecule has 0 spiro atoms. The quantitative estimate of drug-likeness (QED) is 0.929. The summed E-state index contributed by atoms with van der Waals surface area (Å²) in [6, 6.07) is 5.66. The monoisotopic (exact) mass is 275 g/mol. The van der Waals surface area contributed by atoms with Crippen molar-refractivity contribution in [3.63, 3.8) is 0 Å². The van der Waals surface area contributed by atoms with Crippen molar-refractivity contribution >= 4 is 11.6 Å². The van der Waals surface area contributed by atoms with Crippen molar-refractivity contribution < 1.29 is 9.90 Å². The first kappa shape index (κ1) is 17.6. The van der Waals surface area contributed by atoms with Crippen molar-refractivity contribution in [1.82, 2.24) is 9.38 Å². The van der Waals surface area contributed by atoms with Crippen LogP contribution in [0, 0.1) is 11.3 Å². The smallest absolute Gasteiger partial charge is 0.354 e. The topological polar surface area (TPSA) is 78.4 Å². The maximum Gasteiger partial charge on any atom is 0.354 e. The van der Waals surface area contributed by atoms with E-state index in [4.69, 9.17) is 10.4 Å². The molecule has 20 heavy (non-hydrogen) atoms. The Morgan fingerprint density at radius 1 is 1.35 bits per heavy atom. The van der Waals surface area contributed by atoms with E-state index in [1.165, 1.54) is 10.6 Å². The van der Waals surface area contributed by atoms with E-state index in [0.717, 1.165) is 5.56 Å². The van der Waals surface area contributed by atoms with Gasteiger partial charge in [0, 0.05) is 12.6 Å². The third-order valence-corrected chi connectivity index (χ3v) is 2.31. The van der Waals surface area contributed by atoms with Crippen LogP contribution in [0.1, 0.15) is 50.2 Å². The van der Waals surface area contributed by atoms with Gasteiger partial charge in [-0.05, 0) is 18.1 Å². The molecular weight excluding hydrogens is 254 g/mol. The molecule has 0 aliphatic rings. The number of aryl methyl sites for hydroxylation is 1. The van der Waals surface area contributed by atoms with Crippen LogP contribution in [0.4, 0.5) is 0 Å². The van der Waals surface area contributed by atoms with E-state index in [0.29, 0.717) is 18.5 Å². The Bertz CT molecular complexity index is 582. The van der Waals surface area contributed by atoms with E-state index < -0.39 is 5.97 Å². The zero-order chi connectivity index (χ0) is 15.5. The molecule has 1 N–H and O–H groups in total. The van der Waals surface area contributed by atoms with Crippen molar-refractivity contribution in [2.45, 2.75) is 40.5 Å². The van der Waals surface area contributed by atoms with Crippen LogP contribution in [0.3, 0.4) is 0 Å². The van der Waals surface area contributed by atoms with Crippen LogP contribution in [-0.4, -0.2) is 20.5 Å². The zero-order valence-corrected chi connectivity index (χ0v) is 12.4. The second-order valence-electron chi connectivity index (χ2n) is 3.37. The zero-order valence-electron chi connectivity index (χ0n) is 12.4. The van der Waals surface area contributed by atoms with Gasteiger partial charge in [-0.2, -0.15) is 5.26 Å². The number of nitriles is 1. The van der Waals surface area contributed by atoms with Crippen LogP contribution in [0.5, 0.6) is 0 Å². The molecular formula is C15H21N3O2. The van der Waals surface area contributed by atoms with Gasteiger partial charge in [0.05, 0.1) is 12.3 Å². The van der Waals surface area contributed by atoms with Crippen LogP contribution in [-0.2, 0) is 6.42 Å². The van der Waals surface area contributed by atoms with Crippen molar-refractivity contribution in [3.05, 3.63) is 35.8 Å². The predicted octanol–water partition coefficient (Wildman–Crippen LogP) is 3.54. The van der Waals surface area contributed by atoms with E-state index in [2.05, 4.69) is 11.1 Å². The van der Waals surface area contributed by atoms with Crippen molar-refractivity contribution in [3.8, 4) is 6.07 Å². The maximum absolute atomic E-state index is 10.9. The van der Waals surface area contributed by atoms with Crippen molar-refractivity contribution in [1.29, 1.82) is 5.26 Å². The molecule has 0 fully saturated rings. The maximum atomic E-state index is 10.9. The van der Waals surface area contributed by atoms with E-state index in [1.54, 1.807) is 12.3 Å². The molecule has 0 radical (unpaired) electrons. The first-order chi connectivity index (χ1) is 9.72. The van der Waals surface area contributed by atoms with Gasteiger partial charge in [0.15, 0.2) is 5.69 Å². The van der Waals surface area contributed by atoms with Crippen molar-refractivity contribution in [2.24, 2.45) is 0 Å². The molecule has 0 amide bonds. The third kappa shape index (κ3) is 4.39. The number of nitrogens with zero attached hydrogens (tertiary/aromatic N) is 3. The normalized spacial score (nSPS) is 8.75. The molecule has 0 aliphatic carbocycles. The highest BCUT2D eigenvalue weighted by Crippen LogP contribution is 2.10. The number of carboxylic acid groups (broad SMARTS) is 1. The van der Waals surface area contributed by atoms with Crippen LogP contribution in [0.2, 0.25) is 0 Å². The summed E-state index contributed by atoms with van der Waals surface area (Å²) in [5, 5.41) is 17.4. The van der Waals surface area contributed by atoms with Gasteiger partial charge in [0.2, 0.25) is 0 Å². The van der Waals surface area contributed by atoms with Gasteiger partial charge in [0.1, 0.15) is 5.65 Å². The molecule has 2 rings (SSSR count). The Labute approximate surface area is 119 Å². The van der Waals surface area contributed by atoms with Crippen LogP contribution in [0.15, 0.2) is 24.5 Å². The number of pyridine rings is 1. The van der Waals surface area contributed by atoms with E-state index in [-0.39, 0.29) is 5.69 Å². The van der Waals surface area contributed by atoms with Gasteiger partial charge in [-0.25, -0.2) is 9.78 Å². The summed E-state index contributed by atoms with van der Waals surface area (Å²) in [6.45, 7) is 8.00. The van der Waals surface area contributed by atoms with E-state index >= 15 is 0 Å². The molecule has 2 heterocycles. The Morgan fingerprint density at radius 2 is 2.00 bits per heavy atom. The molecule has 5 nitrogen and oxygen atoms in total. The van der Waals surface area contributed by atoms with Gasteiger partial charge in [0.25, 0.3) is 0 Å².